The van der Waals surface area contributed by atoms with Gasteiger partial charge in [-0.05, 0) is 99.6 Å². The lowest BCUT2D eigenvalue weighted by molar-refractivity contribution is 0.793. The zero-order chi connectivity index (χ0) is 34.1. The number of hydrogen-bond donors (Lipinski definition) is 0. The number of fused-ring (bicyclic) bond motifs is 11. The summed E-state index contributed by atoms with van der Waals surface area (Å²) < 4.78 is 2.30. The van der Waals surface area contributed by atoms with E-state index >= 15 is 0 Å². The van der Waals surface area contributed by atoms with Gasteiger partial charge >= 0.3 is 0 Å². The fourth-order valence-corrected chi connectivity index (χ4v) is 8.87. The van der Waals surface area contributed by atoms with E-state index in [4.69, 9.17) is 0 Å². The molecule has 10 rings (SSSR count). The third-order valence-electron chi connectivity index (χ3n) is 11.0. The summed E-state index contributed by atoms with van der Waals surface area (Å²) in [5.41, 5.74) is 18.7. The van der Waals surface area contributed by atoms with Gasteiger partial charge in [0.25, 0.3) is 0 Å². The molecule has 3 nitrogen and oxygen atoms in total. The SMILES string of the molecule is C=N/C(=C\c1c(C)n(-c2cccc(-c3ccccc3)c2)c2cnccc12)c1ccc2c(c1)-c1ccccc1C21c2ccccc2-c2ccccc21. The largest absolute Gasteiger partial charge is 0.312 e. The first-order valence-corrected chi connectivity index (χ1v) is 17.4. The van der Waals surface area contributed by atoms with Gasteiger partial charge in [-0.25, -0.2) is 0 Å². The molecule has 2 aliphatic carbocycles. The molecule has 6 aromatic carbocycles. The molecule has 0 saturated heterocycles. The molecule has 0 bridgehead atoms. The second-order valence-corrected chi connectivity index (χ2v) is 13.5. The quantitative estimate of drug-likeness (QED) is 0.170. The Morgan fingerprint density at radius 2 is 1.24 bits per heavy atom. The number of pyridine rings is 1. The minimum absolute atomic E-state index is 0.367. The van der Waals surface area contributed by atoms with Gasteiger partial charge in [-0.3, -0.25) is 9.98 Å². The lowest BCUT2D eigenvalue weighted by Gasteiger charge is -2.30. The first kappa shape index (κ1) is 29.3. The van der Waals surface area contributed by atoms with Crippen LogP contribution >= 0.6 is 0 Å². The number of nitrogens with zero attached hydrogens (tertiary/aromatic N) is 3. The molecule has 8 aromatic rings. The summed E-state index contributed by atoms with van der Waals surface area (Å²) in [5, 5.41) is 1.12. The van der Waals surface area contributed by atoms with E-state index in [1.165, 1.54) is 55.6 Å². The van der Waals surface area contributed by atoms with Crippen LogP contribution in [0, 0.1) is 6.92 Å². The smallest absolute Gasteiger partial charge is 0.0725 e. The highest BCUT2D eigenvalue weighted by molar-refractivity contribution is 5.99. The van der Waals surface area contributed by atoms with Gasteiger partial charge in [0.2, 0.25) is 0 Å². The molecule has 3 heteroatoms. The zero-order valence-electron chi connectivity index (χ0n) is 28.2. The zero-order valence-corrected chi connectivity index (χ0v) is 28.2. The Morgan fingerprint density at radius 1 is 0.627 bits per heavy atom. The number of aromatic nitrogens is 2. The summed E-state index contributed by atoms with van der Waals surface area (Å²) in [7, 11) is 0. The predicted molar refractivity (Wildman–Crippen MR) is 211 cm³/mol. The molecule has 51 heavy (non-hydrogen) atoms. The summed E-state index contributed by atoms with van der Waals surface area (Å²) in [6.45, 7) is 6.26. The molecule has 2 aliphatic rings. The molecule has 0 saturated carbocycles. The van der Waals surface area contributed by atoms with Gasteiger partial charge in [-0.15, -0.1) is 0 Å². The van der Waals surface area contributed by atoms with Crippen LogP contribution in [-0.2, 0) is 5.41 Å². The van der Waals surface area contributed by atoms with Crippen LogP contribution in [0.25, 0.3) is 61.7 Å². The summed E-state index contributed by atoms with van der Waals surface area (Å²) in [4.78, 5) is 9.21. The average Bonchev–Trinajstić information content (AvgIpc) is 3.77. The second-order valence-electron chi connectivity index (χ2n) is 13.5. The topological polar surface area (TPSA) is 30.2 Å². The van der Waals surface area contributed by atoms with Crippen molar-refractivity contribution in [1.82, 2.24) is 9.55 Å². The van der Waals surface area contributed by atoms with E-state index in [-0.39, 0.29) is 5.41 Å². The van der Waals surface area contributed by atoms with Crippen LogP contribution in [0.5, 0.6) is 0 Å². The molecule has 240 valence electrons. The van der Waals surface area contributed by atoms with Crippen molar-refractivity contribution in [3.63, 3.8) is 0 Å². The third kappa shape index (κ3) is 4.12. The Kier molecular flexibility index (Phi) is 6.46. The van der Waals surface area contributed by atoms with Gasteiger partial charge in [0.15, 0.2) is 0 Å². The molecule has 0 N–H and O–H groups in total. The summed E-state index contributed by atoms with van der Waals surface area (Å²) >= 11 is 0. The van der Waals surface area contributed by atoms with Gasteiger partial charge < -0.3 is 4.57 Å². The standard InChI is InChI=1S/C48H33N3/c1-31-40(39-25-26-50-30-47(39)51(31)35-16-12-15-33(27-35)32-13-4-3-5-14-32)29-46(49-2)34-23-24-45-41(28-34)38-19-8-11-22-44(38)48(45)42-20-9-6-17-36(42)37-18-7-10-21-43(37)48/h3-30H,2H2,1H3/b46-29-. The van der Waals surface area contributed by atoms with Crippen LogP contribution in [0.15, 0.2) is 169 Å². The molecular formula is C48H33N3. The normalized spacial score (nSPS) is 13.5. The van der Waals surface area contributed by atoms with Crippen molar-refractivity contribution in [2.75, 3.05) is 0 Å². The lowest BCUT2D eigenvalue weighted by Crippen LogP contribution is -2.25. The molecular weight excluding hydrogens is 619 g/mol. The van der Waals surface area contributed by atoms with Crippen molar-refractivity contribution in [2.24, 2.45) is 4.99 Å². The van der Waals surface area contributed by atoms with E-state index in [0.717, 1.165) is 39.1 Å². The van der Waals surface area contributed by atoms with Gasteiger partial charge in [0.05, 0.1) is 22.8 Å². The van der Waals surface area contributed by atoms with E-state index in [2.05, 4.69) is 186 Å². The second kappa shape index (κ2) is 11.2. The predicted octanol–water partition coefficient (Wildman–Crippen LogP) is 11.5. The molecule has 0 aliphatic heterocycles. The van der Waals surface area contributed by atoms with Crippen molar-refractivity contribution in [3.8, 4) is 39.1 Å². The Bertz CT molecular complexity index is 2680. The average molecular weight is 652 g/mol. The van der Waals surface area contributed by atoms with E-state index < -0.39 is 0 Å². The van der Waals surface area contributed by atoms with Crippen LogP contribution in [0.4, 0.5) is 0 Å². The lowest BCUT2D eigenvalue weighted by atomic mass is 9.70. The first-order valence-electron chi connectivity index (χ1n) is 17.4. The highest BCUT2D eigenvalue weighted by Crippen LogP contribution is 2.62. The molecule has 0 atom stereocenters. The van der Waals surface area contributed by atoms with Gasteiger partial charge in [-0.2, -0.15) is 0 Å². The highest BCUT2D eigenvalue weighted by atomic mass is 15.0. The Labute approximate surface area is 297 Å². The highest BCUT2D eigenvalue weighted by Gasteiger charge is 2.51. The van der Waals surface area contributed by atoms with Crippen LogP contribution in [0.3, 0.4) is 0 Å². The van der Waals surface area contributed by atoms with E-state index in [9.17, 15) is 0 Å². The summed E-state index contributed by atoms with van der Waals surface area (Å²) in [6.07, 6.45) is 6.02. The summed E-state index contributed by atoms with van der Waals surface area (Å²) in [6, 6.07) is 55.0. The van der Waals surface area contributed by atoms with Crippen molar-refractivity contribution >= 4 is 29.4 Å². The van der Waals surface area contributed by atoms with Crippen LogP contribution in [-0.4, -0.2) is 16.3 Å². The number of rotatable bonds is 5. The van der Waals surface area contributed by atoms with Crippen molar-refractivity contribution in [1.29, 1.82) is 0 Å². The maximum atomic E-state index is 4.67. The summed E-state index contributed by atoms with van der Waals surface area (Å²) in [5.74, 6) is 0. The van der Waals surface area contributed by atoms with Crippen molar-refractivity contribution < 1.29 is 0 Å². The maximum absolute atomic E-state index is 4.67. The molecule has 0 unspecified atom stereocenters. The molecule has 2 aromatic heterocycles. The monoisotopic (exact) mass is 651 g/mol. The van der Waals surface area contributed by atoms with E-state index in [1.807, 2.05) is 12.4 Å². The fraction of sp³-hybridized carbons (Fsp3) is 0.0417. The van der Waals surface area contributed by atoms with Gasteiger partial charge in [-0.1, -0.05) is 127 Å². The number of hydrogen-bond acceptors (Lipinski definition) is 2. The Hall–Kier alpha value is -6.58. The minimum atomic E-state index is -0.367. The molecule has 0 fully saturated rings. The molecule has 0 radical (unpaired) electrons. The van der Waals surface area contributed by atoms with Crippen molar-refractivity contribution in [2.45, 2.75) is 12.3 Å². The minimum Gasteiger partial charge on any atom is -0.312 e. The number of aliphatic imine (C=N–C) groups is 1. The van der Waals surface area contributed by atoms with Crippen LogP contribution in [0.1, 0.15) is 39.1 Å². The van der Waals surface area contributed by atoms with E-state index in [0.29, 0.717) is 0 Å². The van der Waals surface area contributed by atoms with Crippen LogP contribution < -0.4 is 0 Å². The fourth-order valence-electron chi connectivity index (χ4n) is 8.87. The molecule has 1 spiro atoms. The first-order chi connectivity index (χ1) is 25.2. The van der Waals surface area contributed by atoms with Gasteiger partial charge in [0.1, 0.15) is 0 Å². The molecule has 0 amide bonds. The number of benzene rings is 6. The maximum Gasteiger partial charge on any atom is 0.0725 e. The Morgan fingerprint density at radius 3 is 1.92 bits per heavy atom. The Balaban J connectivity index is 1.15. The molecule has 2 heterocycles. The van der Waals surface area contributed by atoms with Crippen molar-refractivity contribution in [3.05, 3.63) is 203 Å². The third-order valence-corrected chi connectivity index (χ3v) is 11.0. The van der Waals surface area contributed by atoms with Gasteiger partial charge in [0, 0.05) is 34.1 Å². The van der Waals surface area contributed by atoms with Crippen LogP contribution in [0.2, 0.25) is 0 Å². The van der Waals surface area contributed by atoms with E-state index in [1.54, 1.807) is 0 Å².